The summed E-state index contributed by atoms with van der Waals surface area (Å²) in [6.07, 6.45) is 3.34. The molecule has 3 rings (SSSR count). The van der Waals surface area contributed by atoms with Gasteiger partial charge in [-0.2, -0.15) is 5.10 Å². The lowest BCUT2D eigenvalue weighted by molar-refractivity contribution is 0.0914. The van der Waals surface area contributed by atoms with Crippen molar-refractivity contribution >= 4 is 5.91 Å². The number of aromatic nitrogens is 2. The monoisotopic (exact) mass is 346 g/mol. The Morgan fingerprint density at radius 2 is 2.16 bits per heavy atom. The molecule has 7 heteroatoms. The van der Waals surface area contributed by atoms with Gasteiger partial charge >= 0.3 is 0 Å². The molecule has 1 amide bonds. The molecule has 2 aromatic rings. The predicted molar refractivity (Wildman–Crippen MR) is 92.5 cm³/mol. The first kappa shape index (κ1) is 17.4. The van der Waals surface area contributed by atoms with Crippen LogP contribution in [0, 0.1) is 18.2 Å². The van der Waals surface area contributed by atoms with Crippen LogP contribution >= 0.6 is 0 Å². The average molecular weight is 346 g/mol. The van der Waals surface area contributed by atoms with Gasteiger partial charge in [0.15, 0.2) is 11.4 Å². The highest BCUT2D eigenvalue weighted by Crippen LogP contribution is 2.27. The molecule has 2 heterocycles. The maximum absolute atomic E-state index is 13.2. The predicted octanol–water partition coefficient (Wildman–Crippen LogP) is 2.14. The van der Waals surface area contributed by atoms with Crippen molar-refractivity contribution in [2.24, 2.45) is 5.41 Å². The Bertz CT molecular complexity index is 781. The zero-order valence-corrected chi connectivity index (χ0v) is 14.5. The van der Waals surface area contributed by atoms with E-state index in [1.54, 1.807) is 13.0 Å². The molecule has 0 spiro atoms. The highest BCUT2D eigenvalue weighted by Gasteiger charge is 2.28. The van der Waals surface area contributed by atoms with Gasteiger partial charge in [0, 0.05) is 6.54 Å². The van der Waals surface area contributed by atoms with Crippen molar-refractivity contribution in [2.45, 2.75) is 26.7 Å². The minimum Gasteiger partial charge on any atom is -0.504 e. The highest BCUT2D eigenvalue weighted by molar-refractivity contribution is 5.94. The molecule has 1 aliphatic rings. The maximum Gasteiger partial charge on any atom is 0.275 e. The molecule has 0 radical (unpaired) electrons. The van der Waals surface area contributed by atoms with Crippen LogP contribution in [0.15, 0.2) is 24.4 Å². The van der Waals surface area contributed by atoms with Crippen molar-refractivity contribution in [3.63, 3.8) is 0 Å². The van der Waals surface area contributed by atoms with Gasteiger partial charge in [-0.25, -0.2) is 9.07 Å². The molecule has 1 aromatic heterocycles. The summed E-state index contributed by atoms with van der Waals surface area (Å²) >= 11 is 0. The van der Waals surface area contributed by atoms with E-state index in [-0.39, 0.29) is 22.7 Å². The Kier molecular flexibility index (Phi) is 4.76. The first-order chi connectivity index (χ1) is 11.9. The number of carbonyl (C=O) groups excluding carboxylic acids is 1. The lowest BCUT2D eigenvalue weighted by Crippen LogP contribution is -2.43. The summed E-state index contributed by atoms with van der Waals surface area (Å²) < 4.78 is 14.6. The van der Waals surface area contributed by atoms with Crippen LogP contribution < -0.4 is 10.6 Å². The molecular formula is C18H23FN4O2. The van der Waals surface area contributed by atoms with E-state index in [1.807, 2.05) is 0 Å². The average Bonchev–Trinajstić information content (AvgIpc) is 2.95. The fraction of sp³-hybridized carbons (Fsp3) is 0.444. The minimum atomic E-state index is -0.407. The number of rotatable bonds is 4. The van der Waals surface area contributed by atoms with E-state index in [0.717, 1.165) is 25.9 Å². The minimum absolute atomic E-state index is 0.0266. The van der Waals surface area contributed by atoms with E-state index in [2.05, 4.69) is 22.7 Å². The van der Waals surface area contributed by atoms with Crippen LogP contribution in [-0.4, -0.2) is 40.4 Å². The summed E-state index contributed by atoms with van der Waals surface area (Å²) in [6.45, 7) is 6.31. The second-order valence-electron chi connectivity index (χ2n) is 6.98. The molecule has 0 atom stereocenters. The number of nitrogens with one attached hydrogen (secondary N) is 2. The topological polar surface area (TPSA) is 79.2 Å². The van der Waals surface area contributed by atoms with Gasteiger partial charge in [-0.3, -0.25) is 4.79 Å². The quantitative estimate of drug-likeness (QED) is 0.793. The van der Waals surface area contributed by atoms with Gasteiger partial charge in [-0.05, 0) is 62.0 Å². The van der Waals surface area contributed by atoms with Gasteiger partial charge in [0.25, 0.3) is 5.91 Å². The first-order valence-corrected chi connectivity index (χ1v) is 8.42. The summed E-state index contributed by atoms with van der Waals surface area (Å²) in [4.78, 5) is 12.4. The molecule has 1 saturated heterocycles. The molecule has 0 bridgehead atoms. The summed E-state index contributed by atoms with van der Waals surface area (Å²) in [7, 11) is 0. The third-order valence-corrected chi connectivity index (χ3v) is 4.80. The molecule has 0 aliphatic carbocycles. The number of carbonyl (C=O) groups is 1. The molecule has 1 aliphatic heterocycles. The second-order valence-corrected chi connectivity index (χ2v) is 6.98. The van der Waals surface area contributed by atoms with Crippen LogP contribution in [0.5, 0.6) is 5.75 Å². The Morgan fingerprint density at radius 1 is 1.44 bits per heavy atom. The van der Waals surface area contributed by atoms with Crippen molar-refractivity contribution in [3.05, 3.63) is 41.5 Å². The lowest BCUT2D eigenvalue weighted by Gasteiger charge is -2.34. The number of hydrogen-bond donors (Lipinski definition) is 3. The summed E-state index contributed by atoms with van der Waals surface area (Å²) in [5, 5.41) is 20.4. The van der Waals surface area contributed by atoms with Gasteiger partial charge in [-0.1, -0.05) is 6.92 Å². The van der Waals surface area contributed by atoms with Gasteiger partial charge in [0.05, 0.1) is 11.9 Å². The van der Waals surface area contributed by atoms with E-state index in [9.17, 15) is 14.3 Å². The van der Waals surface area contributed by atoms with E-state index < -0.39 is 5.91 Å². The van der Waals surface area contributed by atoms with Crippen molar-refractivity contribution in [1.82, 2.24) is 20.4 Å². The molecule has 25 heavy (non-hydrogen) atoms. The zero-order valence-electron chi connectivity index (χ0n) is 14.5. The van der Waals surface area contributed by atoms with E-state index in [0.29, 0.717) is 17.8 Å². The molecule has 3 N–H and O–H groups in total. The van der Waals surface area contributed by atoms with Crippen molar-refractivity contribution in [3.8, 4) is 11.4 Å². The van der Waals surface area contributed by atoms with Crippen LogP contribution in [0.3, 0.4) is 0 Å². The highest BCUT2D eigenvalue weighted by atomic mass is 19.1. The molecule has 1 aromatic carbocycles. The number of aryl methyl sites for hydroxylation is 1. The number of nitrogens with zero attached hydrogens (tertiary/aromatic N) is 2. The smallest absolute Gasteiger partial charge is 0.275 e. The van der Waals surface area contributed by atoms with Gasteiger partial charge in [0.1, 0.15) is 5.82 Å². The molecule has 134 valence electrons. The van der Waals surface area contributed by atoms with E-state index in [4.69, 9.17) is 0 Å². The van der Waals surface area contributed by atoms with Gasteiger partial charge in [0.2, 0.25) is 0 Å². The standard InChI is InChI=1S/C18H23FN4O2/c1-12-9-13(19)3-4-14(12)23-10-15(24)16(22-23)17(25)21-11-18(2)5-7-20-8-6-18/h3-4,9-10,20,24H,5-8,11H2,1-2H3,(H,21,25). The van der Waals surface area contributed by atoms with Crippen LogP contribution in [0.4, 0.5) is 4.39 Å². The molecular weight excluding hydrogens is 323 g/mol. The number of halogens is 1. The number of hydrogen-bond acceptors (Lipinski definition) is 4. The van der Waals surface area contributed by atoms with E-state index >= 15 is 0 Å². The number of piperidine rings is 1. The third-order valence-electron chi connectivity index (χ3n) is 4.80. The van der Waals surface area contributed by atoms with Crippen LogP contribution in [0.25, 0.3) is 5.69 Å². The van der Waals surface area contributed by atoms with Crippen LogP contribution in [-0.2, 0) is 0 Å². The third kappa shape index (κ3) is 3.82. The fourth-order valence-corrected chi connectivity index (χ4v) is 3.11. The molecule has 0 saturated carbocycles. The Labute approximate surface area is 146 Å². The Balaban J connectivity index is 1.74. The van der Waals surface area contributed by atoms with Crippen LogP contribution in [0.1, 0.15) is 35.8 Å². The SMILES string of the molecule is Cc1cc(F)ccc1-n1cc(O)c(C(=O)NCC2(C)CCNCC2)n1. The Hall–Kier alpha value is -2.41. The van der Waals surface area contributed by atoms with E-state index in [1.165, 1.54) is 23.0 Å². The van der Waals surface area contributed by atoms with Gasteiger partial charge in [-0.15, -0.1) is 0 Å². The summed E-state index contributed by atoms with van der Waals surface area (Å²) in [5.41, 5.74) is 1.30. The molecule has 0 unspecified atom stereocenters. The fourth-order valence-electron chi connectivity index (χ4n) is 3.11. The normalized spacial score (nSPS) is 16.6. The largest absolute Gasteiger partial charge is 0.504 e. The van der Waals surface area contributed by atoms with Crippen molar-refractivity contribution in [1.29, 1.82) is 0 Å². The lowest BCUT2D eigenvalue weighted by atomic mass is 9.81. The van der Waals surface area contributed by atoms with Crippen molar-refractivity contribution < 1.29 is 14.3 Å². The summed E-state index contributed by atoms with van der Waals surface area (Å²) in [5.74, 6) is -0.946. The number of benzene rings is 1. The first-order valence-electron chi connectivity index (χ1n) is 8.42. The summed E-state index contributed by atoms with van der Waals surface area (Å²) in [6, 6.07) is 4.26. The van der Waals surface area contributed by atoms with Crippen molar-refractivity contribution in [2.75, 3.05) is 19.6 Å². The Morgan fingerprint density at radius 3 is 2.84 bits per heavy atom. The van der Waals surface area contributed by atoms with Gasteiger partial charge < -0.3 is 15.7 Å². The number of aromatic hydroxyl groups is 1. The molecule has 1 fully saturated rings. The zero-order chi connectivity index (χ0) is 18.0. The number of amides is 1. The molecule has 6 nitrogen and oxygen atoms in total. The second kappa shape index (κ2) is 6.84. The van der Waals surface area contributed by atoms with Crippen LogP contribution in [0.2, 0.25) is 0 Å². The maximum atomic E-state index is 13.2.